The molecule has 0 amide bonds. The summed E-state index contributed by atoms with van der Waals surface area (Å²) >= 11 is 0. The fourth-order valence-corrected chi connectivity index (χ4v) is 12.7. The lowest BCUT2D eigenvalue weighted by molar-refractivity contribution is 0.332. The maximum absolute atomic E-state index is 7.76. The first kappa shape index (κ1) is 43.4. The minimum atomic E-state index is -0.395. The number of hydrogen-bond acceptors (Lipinski definition) is 5. The second kappa shape index (κ2) is 14.6. The summed E-state index contributed by atoms with van der Waals surface area (Å²) in [5, 5.41) is 5.47. The van der Waals surface area contributed by atoms with Crippen molar-refractivity contribution >= 4 is 101 Å². The average Bonchev–Trinajstić information content (AvgIpc) is 4.05. The first-order valence-corrected chi connectivity index (χ1v) is 25.9. The van der Waals surface area contributed by atoms with Crippen LogP contribution in [0.2, 0.25) is 0 Å². The van der Waals surface area contributed by atoms with E-state index in [0.29, 0.717) is 0 Å². The molecule has 5 nitrogen and oxygen atoms in total. The van der Waals surface area contributed by atoms with Crippen LogP contribution in [0.25, 0.3) is 77.1 Å². The van der Waals surface area contributed by atoms with Crippen molar-refractivity contribution in [2.24, 2.45) is 0 Å². The molecule has 0 saturated heterocycles. The van der Waals surface area contributed by atoms with E-state index in [1.54, 1.807) is 0 Å². The van der Waals surface area contributed by atoms with Gasteiger partial charge >= 0.3 is 6.85 Å². The molecule has 1 aliphatic carbocycles. The minimum Gasteiger partial charge on any atom is -0.466 e. The van der Waals surface area contributed by atoms with Gasteiger partial charge in [0.2, 0.25) is 0 Å². The highest BCUT2D eigenvalue weighted by Gasteiger charge is 2.51. The Morgan fingerprint density at radius 3 is 1.75 bits per heavy atom. The van der Waals surface area contributed by atoms with Gasteiger partial charge in [-0.05, 0) is 134 Å². The number of rotatable bonds is 3. The van der Waals surface area contributed by atoms with Gasteiger partial charge in [0, 0.05) is 55.5 Å². The maximum Gasteiger partial charge on any atom is 0.376 e. The van der Waals surface area contributed by atoms with Crippen LogP contribution in [0.4, 0.5) is 28.4 Å². The minimum absolute atomic E-state index is 0.0194. The summed E-state index contributed by atoms with van der Waals surface area (Å²) in [5.41, 5.74) is 21.5. The maximum atomic E-state index is 7.76. The van der Waals surface area contributed by atoms with E-state index in [9.17, 15) is 0 Å². The molecule has 0 atom stereocenters. The van der Waals surface area contributed by atoms with Crippen LogP contribution in [0, 0.1) is 0 Å². The van der Waals surface area contributed by atoms with E-state index in [4.69, 9.17) is 13.3 Å². The summed E-state index contributed by atoms with van der Waals surface area (Å²) in [6.45, 7) is 23.1. The number of nitrogens with zero attached hydrogens (tertiary/aromatic N) is 2. The molecule has 0 radical (unpaired) electrons. The number of fused-ring (bicyclic) bond motifs is 14. The van der Waals surface area contributed by atoms with Gasteiger partial charge in [0.25, 0.3) is 0 Å². The van der Waals surface area contributed by atoms with Crippen molar-refractivity contribution in [1.29, 1.82) is 0 Å². The highest BCUT2D eigenvalue weighted by atomic mass is 16.3. The number of para-hydroxylation sites is 2. The second-order valence-corrected chi connectivity index (χ2v) is 24.4. The summed E-state index contributed by atoms with van der Waals surface area (Å²) in [6, 6.07) is 56.3. The topological polar surface area (TPSA) is 45.9 Å². The molecule has 5 heterocycles. The standard InChI is InChI=1S/C66H59BN2O3/c1-63(2,3)39-24-27-41(28-25-39)69-53-37-57-46(42-20-14-16-22-54(42)70-57)33-45(53)47-34-48-43-21-15-17-23-55(43)71-61(48)60-58(47)67(69)62-59(49-35-50-51(36-56(49)72-62)66(9,10)31-30-65(50,7)8)68(60)52-29-26-40(64(4,5)6)32-44(52)38-18-12-11-13-19-38/h11-29,32-37H,30-31H2,1-10H3. The van der Waals surface area contributed by atoms with Gasteiger partial charge in [-0.3, -0.25) is 0 Å². The molecule has 6 heteroatoms. The largest absolute Gasteiger partial charge is 0.466 e. The fraction of sp³-hybridized carbons (Fsp3) is 0.242. The van der Waals surface area contributed by atoms with Gasteiger partial charge in [0.15, 0.2) is 5.58 Å². The van der Waals surface area contributed by atoms with E-state index in [1.165, 1.54) is 22.3 Å². The van der Waals surface area contributed by atoms with Crippen molar-refractivity contribution in [2.75, 3.05) is 9.71 Å². The first-order chi connectivity index (χ1) is 34.4. The van der Waals surface area contributed by atoms with Crippen LogP contribution in [0.1, 0.15) is 104 Å². The third kappa shape index (κ3) is 6.14. The molecule has 0 bridgehead atoms. The molecule has 0 N–H and O–H groups in total. The predicted molar refractivity (Wildman–Crippen MR) is 303 cm³/mol. The molecular formula is C66H59BN2O3. The normalized spacial score (nSPS) is 15.9. The zero-order valence-corrected chi connectivity index (χ0v) is 43.0. The average molecular weight is 939 g/mol. The van der Waals surface area contributed by atoms with E-state index in [-0.39, 0.29) is 21.7 Å². The third-order valence-corrected chi connectivity index (χ3v) is 16.8. The molecule has 0 fully saturated rings. The molecule has 354 valence electrons. The Kier molecular flexibility index (Phi) is 8.79. The van der Waals surface area contributed by atoms with Gasteiger partial charge < -0.3 is 23.0 Å². The van der Waals surface area contributed by atoms with Crippen LogP contribution in [0.5, 0.6) is 0 Å². The highest BCUT2D eigenvalue weighted by Crippen LogP contribution is 2.56. The van der Waals surface area contributed by atoms with E-state index in [2.05, 4.69) is 231 Å². The zero-order chi connectivity index (χ0) is 49.4. The van der Waals surface area contributed by atoms with Crippen molar-refractivity contribution in [2.45, 2.75) is 104 Å². The molecule has 11 aromatic rings. The lowest BCUT2D eigenvalue weighted by atomic mass is 9.45. The summed E-state index contributed by atoms with van der Waals surface area (Å²) in [4.78, 5) is 5.10. The van der Waals surface area contributed by atoms with Crippen molar-refractivity contribution in [1.82, 2.24) is 0 Å². The molecule has 0 unspecified atom stereocenters. The second-order valence-electron chi connectivity index (χ2n) is 24.4. The molecule has 0 saturated carbocycles. The van der Waals surface area contributed by atoms with Gasteiger partial charge in [-0.1, -0.05) is 154 Å². The number of anilines is 5. The highest BCUT2D eigenvalue weighted by molar-refractivity contribution is 6.93. The van der Waals surface area contributed by atoms with Crippen LogP contribution in [-0.2, 0) is 21.7 Å². The van der Waals surface area contributed by atoms with Crippen molar-refractivity contribution < 1.29 is 13.3 Å². The smallest absolute Gasteiger partial charge is 0.376 e. The van der Waals surface area contributed by atoms with Crippen LogP contribution >= 0.6 is 0 Å². The lowest BCUT2D eigenvalue weighted by Gasteiger charge is -2.44. The van der Waals surface area contributed by atoms with E-state index < -0.39 is 6.85 Å². The van der Waals surface area contributed by atoms with Crippen molar-refractivity contribution in [3.63, 3.8) is 0 Å². The molecule has 2 aliphatic heterocycles. The van der Waals surface area contributed by atoms with E-state index in [0.717, 1.165) is 130 Å². The zero-order valence-electron chi connectivity index (χ0n) is 43.0. The molecule has 0 spiro atoms. The number of furan rings is 3. The Labute approximate surface area is 422 Å². The van der Waals surface area contributed by atoms with Gasteiger partial charge in [0.05, 0.1) is 17.1 Å². The van der Waals surface area contributed by atoms with Crippen LogP contribution < -0.4 is 20.8 Å². The molecule has 3 aliphatic rings. The van der Waals surface area contributed by atoms with E-state index in [1.807, 2.05) is 0 Å². The quantitative estimate of drug-likeness (QED) is 0.165. The number of benzene rings is 8. The van der Waals surface area contributed by atoms with E-state index >= 15 is 0 Å². The Morgan fingerprint density at radius 1 is 0.458 bits per heavy atom. The molecule has 3 aromatic heterocycles. The summed E-state index contributed by atoms with van der Waals surface area (Å²) in [7, 11) is 0. The Hall–Kier alpha value is -7.44. The number of hydrogen-bond donors (Lipinski definition) is 0. The predicted octanol–water partition coefficient (Wildman–Crippen LogP) is 17.6. The Balaban J connectivity index is 1.19. The van der Waals surface area contributed by atoms with Crippen LogP contribution in [0.3, 0.4) is 0 Å². The monoisotopic (exact) mass is 938 g/mol. The summed E-state index contributed by atoms with van der Waals surface area (Å²) in [6.07, 6.45) is 2.22. The molecule has 72 heavy (non-hydrogen) atoms. The SMILES string of the molecule is CC(C)(C)c1ccc(N2B3c4oc5cc6c(cc5c4N(c4ccc(C(C)(C)C)cc4-c4ccccc4)c4c3c(cc3c4oc4ccccc43)-c3cc4c(cc32)oc2ccccc24)C(C)(C)CCC6(C)C)cc1. The van der Waals surface area contributed by atoms with Crippen molar-refractivity contribution in [3.8, 4) is 22.3 Å². The lowest BCUT2D eigenvalue weighted by Crippen LogP contribution is -2.61. The molecule has 14 rings (SSSR count). The van der Waals surface area contributed by atoms with Gasteiger partial charge in [-0.25, -0.2) is 0 Å². The van der Waals surface area contributed by atoms with Crippen molar-refractivity contribution in [3.05, 3.63) is 174 Å². The van der Waals surface area contributed by atoms with Gasteiger partial charge in [-0.15, -0.1) is 0 Å². The van der Waals surface area contributed by atoms with Crippen LogP contribution in [0.15, 0.2) is 165 Å². The molecular weight excluding hydrogens is 880 g/mol. The van der Waals surface area contributed by atoms with Crippen LogP contribution in [-0.4, -0.2) is 6.85 Å². The molecule has 8 aromatic carbocycles. The Morgan fingerprint density at radius 2 is 1.06 bits per heavy atom. The van der Waals surface area contributed by atoms with Gasteiger partial charge in [0.1, 0.15) is 28.0 Å². The first-order valence-electron chi connectivity index (χ1n) is 25.9. The Bertz CT molecular complexity index is 4080. The fourth-order valence-electron chi connectivity index (χ4n) is 12.7. The summed E-state index contributed by atoms with van der Waals surface area (Å²) in [5.74, 6) is 0. The van der Waals surface area contributed by atoms with Gasteiger partial charge in [-0.2, -0.15) is 0 Å². The summed E-state index contributed by atoms with van der Waals surface area (Å²) < 4.78 is 21.9. The third-order valence-electron chi connectivity index (χ3n) is 16.8.